The molecule has 1 N–H and O–H groups in total. The van der Waals surface area contributed by atoms with Gasteiger partial charge in [0.2, 0.25) is 0 Å². The molecule has 2 rings (SSSR count). The van der Waals surface area contributed by atoms with E-state index in [0.717, 1.165) is 16.5 Å². The van der Waals surface area contributed by atoms with Crippen LogP contribution < -0.4 is 4.90 Å². The second-order valence-electron chi connectivity index (χ2n) is 4.42. The van der Waals surface area contributed by atoms with Gasteiger partial charge in [-0.05, 0) is 25.1 Å². The lowest BCUT2D eigenvalue weighted by Crippen LogP contribution is -2.26. The number of aliphatic carboxylic acids is 1. The maximum absolute atomic E-state index is 10.7. The van der Waals surface area contributed by atoms with Gasteiger partial charge in [0.25, 0.3) is 0 Å². The summed E-state index contributed by atoms with van der Waals surface area (Å²) in [4.78, 5) is 16.6. The molecule has 0 amide bonds. The van der Waals surface area contributed by atoms with E-state index >= 15 is 0 Å². The Hall–Kier alpha value is -2.61. The molecule has 2 aromatic rings. The first-order chi connectivity index (χ1) is 9.01. The van der Waals surface area contributed by atoms with Crippen molar-refractivity contribution < 1.29 is 9.90 Å². The number of anilines is 1. The van der Waals surface area contributed by atoms with Gasteiger partial charge in [-0.1, -0.05) is 11.6 Å². The fraction of sp³-hybridized carbons (Fsp3) is 0.214. The zero-order valence-corrected chi connectivity index (χ0v) is 10.7. The van der Waals surface area contributed by atoms with Crippen LogP contribution in [0.5, 0.6) is 0 Å². The van der Waals surface area contributed by atoms with Crippen LogP contribution in [0.1, 0.15) is 11.1 Å². The molecule has 0 unspecified atom stereocenters. The third-order valence-corrected chi connectivity index (χ3v) is 2.80. The van der Waals surface area contributed by atoms with E-state index in [2.05, 4.69) is 11.1 Å². The van der Waals surface area contributed by atoms with Gasteiger partial charge in [-0.15, -0.1) is 0 Å². The summed E-state index contributed by atoms with van der Waals surface area (Å²) < 4.78 is 0. The van der Waals surface area contributed by atoms with Gasteiger partial charge < -0.3 is 10.0 Å². The number of fused-ring (bicyclic) bond motifs is 1. The van der Waals surface area contributed by atoms with Gasteiger partial charge in [0, 0.05) is 12.4 Å². The number of carboxylic acids is 1. The van der Waals surface area contributed by atoms with Gasteiger partial charge in [0.1, 0.15) is 18.4 Å². The van der Waals surface area contributed by atoms with Crippen LogP contribution in [0, 0.1) is 18.3 Å². The first-order valence-corrected chi connectivity index (χ1v) is 5.75. The number of benzene rings is 1. The lowest BCUT2D eigenvalue weighted by atomic mass is 10.1. The molecule has 0 aliphatic heterocycles. The van der Waals surface area contributed by atoms with Gasteiger partial charge >= 0.3 is 5.97 Å². The Morgan fingerprint density at radius 2 is 2.21 bits per heavy atom. The van der Waals surface area contributed by atoms with E-state index in [-0.39, 0.29) is 6.54 Å². The minimum Gasteiger partial charge on any atom is -0.480 e. The molecule has 5 nitrogen and oxygen atoms in total. The molecule has 5 heteroatoms. The summed E-state index contributed by atoms with van der Waals surface area (Å²) in [6.07, 6.45) is 0. The lowest BCUT2D eigenvalue weighted by Gasteiger charge is -2.17. The monoisotopic (exact) mass is 255 g/mol. The summed E-state index contributed by atoms with van der Waals surface area (Å²) in [5, 5.41) is 18.9. The molecule has 0 atom stereocenters. The lowest BCUT2D eigenvalue weighted by molar-refractivity contribution is -0.135. The second-order valence-corrected chi connectivity index (χ2v) is 4.42. The Morgan fingerprint density at radius 1 is 1.47 bits per heavy atom. The van der Waals surface area contributed by atoms with E-state index in [1.165, 1.54) is 4.90 Å². The molecule has 1 aromatic carbocycles. The zero-order chi connectivity index (χ0) is 14.0. The van der Waals surface area contributed by atoms with E-state index < -0.39 is 5.97 Å². The number of nitriles is 1. The predicted octanol–water partition coefficient (Wildman–Crippen LogP) is 1.94. The van der Waals surface area contributed by atoms with Crippen LogP contribution >= 0.6 is 0 Å². The number of nitrogens with zero attached hydrogens (tertiary/aromatic N) is 3. The van der Waals surface area contributed by atoms with Crippen molar-refractivity contribution in [3.05, 3.63) is 35.4 Å². The average molecular weight is 255 g/mol. The first-order valence-electron chi connectivity index (χ1n) is 5.75. The Morgan fingerprint density at radius 3 is 2.84 bits per heavy atom. The summed E-state index contributed by atoms with van der Waals surface area (Å²) in [6, 6.07) is 9.55. The summed E-state index contributed by atoms with van der Waals surface area (Å²) in [7, 11) is 1.61. The van der Waals surface area contributed by atoms with E-state index in [9.17, 15) is 4.79 Å². The smallest absolute Gasteiger partial charge is 0.323 e. The number of carboxylic acid groups (broad SMARTS) is 1. The Labute approximate surface area is 110 Å². The van der Waals surface area contributed by atoms with Crippen molar-refractivity contribution in [2.45, 2.75) is 6.92 Å². The average Bonchev–Trinajstić information content (AvgIpc) is 2.36. The molecule has 19 heavy (non-hydrogen) atoms. The van der Waals surface area contributed by atoms with Crippen molar-refractivity contribution in [2.24, 2.45) is 0 Å². The highest BCUT2D eigenvalue weighted by Gasteiger charge is 2.13. The standard InChI is InChI=1S/C14H13N3O2/c1-9-3-4-12-10(5-9)6-11(7-15)14(16-12)17(2)8-13(18)19/h3-6H,8H2,1-2H3,(H,18,19). The van der Waals surface area contributed by atoms with Crippen molar-refractivity contribution in [1.29, 1.82) is 5.26 Å². The number of carbonyl (C=O) groups is 1. The van der Waals surface area contributed by atoms with Crippen molar-refractivity contribution in [3.8, 4) is 6.07 Å². The van der Waals surface area contributed by atoms with Crippen LogP contribution in [0.2, 0.25) is 0 Å². The maximum Gasteiger partial charge on any atom is 0.323 e. The number of hydrogen-bond donors (Lipinski definition) is 1. The van der Waals surface area contributed by atoms with Crippen LogP contribution in [-0.2, 0) is 4.79 Å². The minimum absolute atomic E-state index is 0.195. The fourth-order valence-corrected chi connectivity index (χ4v) is 1.94. The largest absolute Gasteiger partial charge is 0.480 e. The molecule has 0 saturated carbocycles. The molecule has 1 heterocycles. The van der Waals surface area contributed by atoms with Crippen molar-refractivity contribution in [1.82, 2.24) is 4.98 Å². The van der Waals surface area contributed by atoms with Crippen LogP contribution in [0.25, 0.3) is 10.9 Å². The zero-order valence-electron chi connectivity index (χ0n) is 10.7. The number of likely N-dealkylation sites (N-methyl/N-ethyl adjacent to an activating group) is 1. The number of rotatable bonds is 3. The normalized spacial score (nSPS) is 10.2. The summed E-state index contributed by atoms with van der Waals surface area (Å²) in [5.74, 6) is -0.571. The molecular weight excluding hydrogens is 242 g/mol. The Balaban J connectivity index is 2.57. The summed E-state index contributed by atoms with van der Waals surface area (Å²) in [6.45, 7) is 1.77. The molecular formula is C14H13N3O2. The van der Waals surface area contributed by atoms with Crippen LogP contribution in [-0.4, -0.2) is 29.7 Å². The number of pyridine rings is 1. The van der Waals surface area contributed by atoms with Crippen molar-refractivity contribution >= 4 is 22.7 Å². The number of aryl methyl sites for hydroxylation is 1. The predicted molar refractivity (Wildman–Crippen MR) is 72.1 cm³/mol. The second kappa shape index (κ2) is 4.94. The van der Waals surface area contributed by atoms with Crippen LogP contribution in [0.3, 0.4) is 0 Å². The minimum atomic E-state index is -0.961. The third kappa shape index (κ3) is 2.63. The first kappa shape index (κ1) is 12.8. The van der Waals surface area contributed by atoms with Gasteiger partial charge in [0.05, 0.1) is 11.1 Å². The quantitative estimate of drug-likeness (QED) is 0.906. The molecule has 0 saturated heterocycles. The molecule has 0 spiro atoms. The van der Waals surface area contributed by atoms with E-state index in [1.807, 2.05) is 25.1 Å². The molecule has 0 bridgehead atoms. The van der Waals surface area contributed by atoms with E-state index in [0.29, 0.717) is 11.4 Å². The van der Waals surface area contributed by atoms with Crippen LogP contribution in [0.15, 0.2) is 24.3 Å². The third-order valence-electron chi connectivity index (χ3n) is 2.80. The van der Waals surface area contributed by atoms with Crippen LogP contribution in [0.4, 0.5) is 5.82 Å². The Bertz CT molecular complexity index is 689. The molecule has 0 aliphatic rings. The van der Waals surface area contributed by atoms with Crippen molar-refractivity contribution in [2.75, 3.05) is 18.5 Å². The summed E-state index contributed by atoms with van der Waals surface area (Å²) in [5.41, 5.74) is 2.21. The van der Waals surface area contributed by atoms with E-state index in [1.54, 1.807) is 13.1 Å². The van der Waals surface area contributed by atoms with Gasteiger partial charge in [-0.2, -0.15) is 5.26 Å². The highest BCUT2D eigenvalue weighted by atomic mass is 16.4. The van der Waals surface area contributed by atoms with Gasteiger partial charge in [-0.25, -0.2) is 4.98 Å². The summed E-state index contributed by atoms with van der Waals surface area (Å²) >= 11 is 0. The SMILES string of the molecule is Cc1ccc2nc(N(C)CC(=O)O)c(C#N)cc2c1. The number of hydrogen-bond acceptors (Lipinski definition) is 4. The van der Waals surface area contributed by atoms with Crippen molar-refractivity contribution in [3.63, 3.8) is 0 Å². The van der Waals surface area contributed by atoms with Gasteiger partial charge in [0.15, 0.2) is 0 Å². The highest BCUT2D eigenvalue weighted by molar-refractivity contribution is 5.84. The highest BCUT2D eigenvalue weighted by Crippen LogP contribution is 2.23. The Kier molecular flexibility index (Phi) is 3.34. The molecule has 0 aliphatic carbocycles. The van der Waals surface area contributed by atoms with Gasteiger partial charge in [-0.3, -0.25) is 4.79 Å². The molecule has 0 fully saturated rings. The van der Waals surface area contributed by atoms with E-state index in [4.69, 9.17) is 10.4 Å². The maximum atomic E-state index is 10.7. The number of aromatic nitrogens is 1. The molecule has 0 radical (unpaired) electrons. The molecule has 96 valence electrons. The topological polar surface area (TPSA) is 77.2 Å². The molecule has 1 aromatic heterocycles. The fourth-order valence-electron chi connectivity index (χ4n) is 1.94.